The van der Waals surface area contributed by atoms with E-state index in [0.717, 1.165) is 24.3 Å². The number of carbonyl (C=O) groups excluding carboxylic acids is 1. The molecule has 0 fully saturated rings. The lowest BCUT2D eigenvalue weighted by molar-refractivity contribution is -0.384. The van der Waals surface area contributed by atoms with Gasteiger partial charge in [0.15, 0.2) is 0 Å². The highest BCUT2D eigenvalue weighted by Gasteiger charge is 2.31. The molecule has 4 aromatic rings. The number of nitrogens with one attached hydrogen (secondary N) is 1. The summed E-state index contributed by atoms with van der Waals surface area (Å²) < 4.78 is 29.8. The Bertz CT molecular complexity index is 1670. The number of para-hydroxylation sites is 1. The predicted octanol–water partition coefficient (Wildman–Crippen LogP) is 3.47. The van der Waals surface area contributed by atoms with E-state index in [-0.39, 0.29) is 21.8 Å². The monoisotopic (exact) mass is 519 g/mol. The molecule has 0 saturated carbocycles. The van der Waals surface area contributed by atoms with Gasteiger partial charge in [0.25, 0.3) is 11.2 Å². The molecule has 4 rings (SSSR count). The molecule has 0 amide bonds. The number of anilines is 1. The van der Waals surface area contributed by atoms with Crippen molar-refractivity contribution in [2.75, 3.05) is 5.43 Å². The van der Waals surface area contributed by atoms with Crippen LogP contribution in [0, 0.1) is 17.0 Å². The van der Waals surface area contributed by atoms with Gasteiger partial charge in [0, 0.05) is 24.7 Å². The lowest BCUT2D eigenvalue weighted by atomic mass is 10.1. The Morgan fingerprint density at radius 1 is 0.946 bits per heavy atom. The number of ketones is 1. The van der Waals surface area contributed by atoms with Crippen molar-refractivity contribution in [2.24, 2.45) is 12.1 Å². The molecule has 1 aromatic heterocycles. The van der Waals surface area contributed by atoms with E-state index in [0.29, 0.717) is 11.4 Å². The zero-order valence-electron chi connectivity index (χ0n) is 19.7. The van der Waals surface area contributed by atoms with Crippen molar-refractivity contribution in [1.82, 2.24) is 9.36 Å². The van der Waals surface area contributed by atoms with Crippen molar-refractivity contribution in [3.63, 3.8) is 0 Å². The summed E-state index contributed by atoms with van der Waals surface area (Å²) >= 11 is 0. The molecule has 37 heavy (non-hydrogen) atoms. The molecule has 188 valence electrons. The van der Waals surface area contributed by atoms with E-state index >= 15 is 0 Å². The molecule has 0 radical (unpaired) electrons. The van der Waals surface area contributed by atoms with E-state index in [4.69, 9.17) is 0 Å². The van der Waals surface area contributed by atoms with Gasteiger partial charge < -0.3 is 0 Å². The number of hydrogen-bond donors (Lipinski definition) is 1. The Kier molecular flexibility index (Phi) is 6.85. The number of nitro benzene ring substituents is 1. The Morgan fingerprint density at radius 2 is 1.51 bits per heavy atom. The van der Waals surface area contributed by atoms with Gasteiger partial charge in [-0.15, -0.1) is 0 Å². The van der Waals surface area contributed by atoms with Gasteiger partial charge in [0.1, 0.15) is 5.69 Å². The largest absolute Gasteiger partial charge is 0.296 e. The number of carbonyl (C=O) groups is 1. The van der Waals surface area contributed by atoms with Crippen molar-refractivity contribution in [1.29, 1.82) is 0 Å². The van der Waals surface area contributed by atoms with Crippen LogP contribution in [-0.2, 0) is 16.9 Å². The number of rotatable bonds is 7. The van der Waals surface area contributed by atoms with Gasteiger partial charge in [-0.3, -0.25) is 29.8 Å². The second-order valence-electron chi connectivity index (χ2n) is 7.91. The third-order valence-electron chi connectivity index (χ3n) is 5.67. The first-order valence-corrected chi connectivity index (χ1v) is 12.4. The van der Waals surface area contributed by atoms with Gasteiger partial charge in [0.05, 0.1) is 21.2 Å². The Morgan fingerprint density at radius 3 is 2.08 bits per heavy atom. The summed E-state index contributed by atoms with van der Waals surface area (Å²) in [6.07, 6.45) is 0. The molecule has 0 atom stereocenters. The molecular weight excluding hydrogens is 498 g/mol. The average Bonchev–Trinajstić information content (AvgIpc) is 3.12. The van der Waals surface area contributed by atoms with Gasteiger partial charge in [-0.25, -0.2) is 13.1 Å². The van der Waals surface area contributed by atoms with Crippen LogP contribution in [0.1, 0.15) is 16.1 Å². The molecule has 0 aliphatic heterocycles. The molecule has 12 heteroatoms. The normalized spacial score (nSPS) is 11.8. The van der Waals surface area contributed by atoms with Crippen molar-refractivity contribution in [3.05, 3.63) is 117 Å². The van der Waals surface area contributed by atoms with Crippen LogP contribution in [0.15, 0.2) is 99.7 Å². The van der Waals surface area contributed by atoms with Crippen LogP contribution in [0.25, 0.3) is 5.69 Å². The van der Waals surface area contributed by atoms with Crippen molar-refractivity contribution in [2.45, 2.75) is 11.8 Å². The minimum atomic E-state index is -4.44. The molecule has 0 aliphatic rings. The lowest BCUT2D eigenvalue weighted by Crippen LogP contribution is -2.27. The predicted molar refractivity (Wildman–Crippen MR) is 138 cm³/mol. The third kappa shape index (κ3) is 4.82. The van der Waals surface area contributed by atoms with Crippen LogP contribution >= 0.6 is 0 Å². The lowest BCUT2D eigenvalue weighted by Gasteiger charge is -2.08. The first-order chi connectivity index (χ1) is 17.6. The number of nitrogens with zero attached hydrogens (tertiary/aromatic N) is 4. The summed E-state index contributed by atoms with van der Waals surface area (Å²) in [5.41, 5.74) is 2.59. The number of hydrogen-bond acceptors (Lipinski definition) is 8. The van der Waals surface area contributed by atoms with Crippen molar-refractivity contribution in [3.8, 4) is 5.69 Å². The van der Waals surface area contributed by atoms with Crippen LogP contribution in [0.5, 0.6) is 0 Å². The molecule has 0 aliphatic carbocycles. The Balaban J connectivity index is 1.82. The van der Waals surface area contributed by atoms with Crippen molar-refractivity contribution >= 4 is 32.0 Å². The van der Waals surface area contributed by atoms with Gasteiger partial charge in [-0.05, 0) is 43.3 Å². The summed E-state index contributed by atoms with van der Waals surface area (Å²) in [5.74, 6) is -0.997. The number of hydrazone groups is 1. The zero-order valence-corrected chi connectivity index (χ0v) is 20.5. The Hall–Kier alpha value is -4.84. The second-order valence-corrected chi connectivity index (χ2v) is 9.78. The fraction of sp³-hybridized carbons (Fsp3) is 0.0800. The maximum absolute atomic E-state index is 13.4. The van der Waals surface area contributed by atoms with E-state index in [2.05, 4.69) is 10.5 Å². The molecule has 0 unspecified atom stereocenters. The average molecular weight is 520 g/mol. The molecule has 0 spiro atoms. The topological polar surface area (TPSA) is 146 Å². The molecule has 1 N–H and O–H groups in total. The first kappa shape index (κ1) is 25.3. The van der Waals surface area contributed by atoms with Gasteiger partial charge >= 0.3 is 0 Å². The summed E-state index contributed by atoms with van der Waals surface area (Å²) in [6.45, 7) is 1.64. The molecule has 0 saturated heterocycles. The van der Waals surface area contributed by atoms with E-state index < -0.39 is 31.1 Å². The van der Waals surface area contributed by atoms with Crippen LogP contribution in [-0.4, -0.2) is 33.5 Å². The summed E-state index contributed by atoms with van der Waals surface area (Å²) in [4.78, 5) is 36.7. The fourth-order valence-corrected chi connectivity index (χ4v) is 4.87. The number of non-ortho nitro benzene ring substituents is 1. The minimum absolute atomic E-state index is 0.0244. The highest BCUT2D eigenvalue weighted by atomic mass is 32.2. The summed E-state index contributed by atoms with van der Waals surface area (Å²) in [7, 11) is -2.78. The van der Waals surface area contributed by atoms with Crippen LogP contribution in [0.2, 0.25) is 0 Å². The smallest absolute Gasteiger partial charge is 0.286 e. The van der Waals surface area contributed by atoms with E-state index in [1.165, 1.54) is 28.9 Å². The summed E-state index contributed by atoms with van der Waals surface area (Å²) in [6, 6.07) is 20.5. The van der Waals surface area contributed by atoms with E-state index in [1.54, 1.807) is 55.1 Å². The summed E-state index contributed by atoms with van der Waals surface area (Å²) in [5, 5.41) is 14.0. The van der Waals surface area contributed by atoms with E-state index in [9.17, 15) is 28.1 Å². The number of benzene rings is 3. The van der Waals surface area contributed by atoms with Gasteiger partial charge in [0.2, 0.25) is 20.7 Å². The third-order valence-corrected chi connectivity index (χ3v) is 7.34. The number of aromatic nitrogens is 2. The van der Waals surface area contributed by atoms with Crippen LogP contribution in [0.4, 0.5) is 11.4 Å². The molecule has 11 nitrogen and oxygen atoms in total. The molecule has 0 bridgehead atoms. The SMILES string of the molecule is Cc1c(N/N=C(\C(=O)c2ccc([N+](=O)[O-])cc2)S(=O)(=O)c2ccccc2)c(=O)n(-c2ccccc2)n1C. The zero-order chi connectivity index (χ0) is 26.7. The van der Waals surface area contributed by atoms with Crippen LogP contribution < -0.4 is 11.0 Å². The highest BCUT2D eigenvalue weighted by Crippen LogP contribution is 2.19. The number of Topliss-reactive ketones (excluding diaryl/α,β-unsaturated/α-hetero) is 1. The number of sulfone groups is 1. The number of nitro groups is 1. The highest BCUT2D eigenvalue weighted by molar-refractivity contribution is 8.08. The minimum Gasteiger partial charge on any atom is -0.286 e. The second kappa shape index (κ2) is 10.0. The molecule has 1 heterocycles. The standard InChI is InChI=1S/C25H21N5O6S/c1-17-22(25(32)29(28(17)2)19-9-5-3-6-10-19)26-27-24(37(35,36)21-11-7-4-8-12-21)23(31)18-13-15-20(16-14-18)30(33)34/h3-16,26H,1-2H3/b27-24+. The fourth-order valence-electron chi connectivity index (χ4n) is 3.61. The van der Waals surface area contributed by atoms with Crippen LogP contribution in [0.3, 0.4) is 0 Å². The maximum atomic E-state index is 13.4. The molecule has 3 aromatic carbocycles. The maximum Gasteiger partial charge on any atom is 0.296 e. The first-order valence-electron chi connectivity index (χ1n) is 10.9. The van der Waals surface area contributed by atoms with Gasteiger partial charge in [-0.2, -0.15) is 5.10 Å². The quantitative estimate of drug-likeness (QED) is 0.129. The van der Waals surface area contributed by atoms with E-state index in [1.807, 2.05) is 0 Å². The van der Waals surface area contributed by atoms with Crippen molar-refractivity contribution < 1.29 is 18.1 Å². The Labute approximate surface area is 211 Å². The van der Waals surface area contributed by atoms with Gasteiger partial charge in [-0.1, -0.05) is 36.4 Å². The molecular formula is C25H21N5O6S.